The van der Waals surface area contributed by atoms with Gasteiger partial charge < -0.3 is 4.74 Å². The molecule has 0 radical (unpaired) electrons. The van der Waals surface area contributed by atoms with Crippen molar-refractivity contribution in [1.29, 1.82) is 0 Å². The fourth-order valence-corrected chi connectivity index (χ4v) is 5.99. The highest BCUT2D eigenvalue weighted by Crippen LogP contribution is 2.38. The number of hydrogen-bond donors (Lipinski definition) is 0. The molecule has 0 aliphatic heterocycles. The van der Waals surface area contributed by atoms with Gasteiger partial charge in [-0.1, -0.05) is 93.3 Å². The van der Waals surface area contributed by atoms with E-state index in [0.717, 1.165) is 17.0 Å². The van der Waals surface area contributed by atoms with Crippen molar-refractivity contribution in [2.75, 3.05) is 0 Å². The molecule has 0 bridgehead atoms. The number of carbonyl (C=O) groups is 1. The molecule has 4 heteroatoms. The van der Waals surface area contributed by atoms with Crippen molar-refractivity contribution >= 4 is 5.97 Å². The van der Waals surface area contributed by atoms with E-state index in [1.807, 2.05) is 12.1 Å². The van der Waals surface area contributed by atoms with E-state index in [1.54, 1.807) is 36.4 Å². The van der Waals surface area contributed by atoms with Crippen LogP contribution in [0.4, 0.5) is 8.78 Å². The molecular formula is C37H38F2O2. The minimum absolute atomic E-state index is 0.383. The number of esters is 1. The van der Waals surface area contributed by atoms with Crippen molar-refractivity contribution in [2.45, 2.75) is 70.3 Å². The van der Waals surface area contributed by atoms with Gasteiger partial charge in [-0.3, -0.25) is 0 Å². The lowest BCUT2D eigenvalue weighted by molar-refractivity contribution is 0.0378. The van der Waals surface area contributed by atoms with E-state index in [9.17, 15) is 13.6 Å². The Labute approximate surface area is 242 Å². The van der Waals surface area contributed by atoms with Gasteiger partial charge in [-0.2, -0.15) is 0 Å². The highest BCUT2D eigenvalue weighted by Gasteiger charge is 2.23. The number of carbonyl (C=O) groups excluding carboxylic acids is 1. The van der Waals surface area contributed by atoms with Crippen LogP contribution in [0.25, 0.3) is 11.1 Å². The third kappa shape index (κ3) is 7.49. The number of halogens is 2. The molecule has 1 fully saturated rings. The summed E-state index contributed by atoms with van der Waals surface area (Å²) in [5, 5.41) is 0. The Bertz CT molecular complexity index is 1340. The molecule has 0 N–H and O–H groups in total. The van der Waals surface area contributed by atoms with E-state index in [4.69, 9.17) is 4.74 Å². The normalized spacial score (nSPS) is 17.0. The maximum atomic E-state index is 13.5. The lowest BCUT2D eigenvalue weighted by Crippen LogP contribution is -2.13. The predicted molar refractivity (Wildman–Crippen MR) is 161 cm³/mol. The van der Waals surface area contributed by atoms with Crippen LogP contribution in [-0.2, 0) is 4.74 Å². The second kappa shape index (κ2) is 13.7. The summed E-state index contributed by atoms with van der Waals surface area (Å²) in [6, 6.07) is 27.8. The third-order valence-electron chi connectivity index (χ3n) is 8.47. The fraction of sp³-hybridized carbons (Fsp3) is 0.324. The van der Waals surface area contributed by atoms with E-state index in [-0.39, 0.29) is 11.6 Å². The number of rotatable bonds is 10. The standard InChI is InChI=1S/C37H38F2O2/c1-2-3-4-5-26-6-8-27(9-7-26)28-10-12-29(13-11-28)30-14-16-33(17-15-30)37(40)41-36(31-18-22-34(38)23-19-31)32-20-24-35(39)25-21-32/h10-27,36H,2-9H2,1H3. The molecule has 0 heterocycles. The number of ether oxygens (including phenoxy) is 1. The van der Waals surface area contributed by atoms with Crippen LogP contribution in [0.3, 0.4) is 0 Å². The largest absolute Gasteiger partial charge is 0.449 e. The molecule has 0 unspecified atom stereocenters. The number of unbranched alkanes of at least 4 members (excludes halogenated alkanes) is 2. The number of hydrogen-bond acceptors (Lipinski definition) is 2. The van der Waals surface area contributed by atoms with Gasteiger partial charge in [0.2, 0.25) is 0 Å². The van der Waals surface area contributed by atoms with Crippen molar-refractivity contribution in [2.24, 2.45) is 5.92 Å². The van der Waals surface area contributed by atoms with Crippen molar-refractivity contribution in [3.63, 3.8) is 0 Å². The summed E-state index contributed by atoms with van der Waals surface area (Å²) in [5.74, 6) is 0.289. The highest BCUT2D eigenvalue weighted by atomic mass is 19.1. The van der Waals surface area contributed by atoms with Gasteiger partial charge in [0.15, 0.2) is 6.10 Å². The molecule has 2 nitrogen and oxygen atoms in total. The molecule has 0 atom stereocenters. The van der Waals surface area contributed by atoms with Gasteiger partial charge in [0.25, 0.3) is 0 Å². The summed E-state index contributed by atoms with van der Waals surface area (Å²) < 4.78 is 32.9. The summed E-state index contributed by atoms with van der Waals surface area (Å²) in [6.07, 6.45) is 9.88. The lowest BCUT2D eigenvalue weighted by atomic mass is 9.77. The number of benzene rings is 4. The maximum absolute atomic E-state index is 13.5. The Hall–Kier alpha value is -3.79. The van der Waals surface area contributed by atoms with Gasteiger partial charge >= 0.3 is 5.97 Å². The monoisotopic (exact) mass is 552 g/mol. The topological polar surface area (TPSA) is 26.3 Å². The minimum atomic E-state index is -0.790. The molecule has 1 saturated carbocycles. The zero-order valence-electron chi connectivity index (χ0n) is 23.7. The summed E-state index contributed by atoms with van der Waals surface area (Å²) >= 11 is 0. The first kappa shape index (κ1) is 28.7. The van der Waals surface area contributed by atoms with Crippen LogP contribution in [-0.4, -0.2) is 5.97 Å². The molecule has 0 amide bonds. The smallest absolute Gasteiger partial charge is 0.339 e. The van der Waals surface area contributed by atoms with E-state index in [0.29, 0.717) is 22.6 Å². The molecule has 0 spiro atoms. The van der Waals surface area contributed by atoms with Gasteiger partial charge in [-0.05, 0) is 102 Å². The summed E-state index contributed by atoms with van der Waals surface area (Å²) in [4.78, 5) is 13.1. The molecule has 41 heavy (non-hydrogen) atoms. The molecule has 212 valence electrons. The summed E-state index contributed by atoms with van der Waals surface area (Å²) in [5.41, 5.74) is 5.18. The zero-order valence-corrected chi connectivity index (χ0v) is 23.7. The van der Waals surface area contributed by atoms with E-state index < -0.39 is 12.1 Å². The first-order valence-corrected chi connectivity index (χ1v) is 14.9. The van der Waals surface area contributed by atoms with Crippen molar-refractivity contribution in [1.82, 2.24) is 0 Å². The average Bonchev–Trinajstić information content (AvgIpc) is 3.01. The van der Waals surface area contributed by atoms with Crippen LogP contribution in [0.1, 0.15) is 97.4 Å². The Morgan fingerprint density at radius 3 is 1.73 bits per heavy atom. The quantitative estimate of drug-likeness (QED) is 0.144. The molecule has 1 aliphatic carbocycles. The van der Waals surface area contributed by atoms with E-state index >= 15 is 0 Å². The Morgan fingerprint density at radius 2 is 1.22 bits per heavy atom. The first-order chi connectivity index (χ1) is 20.0. The fourth-order valence-electron chi connectivity index (χ4n) is 5.99. The van der Waals surface area contributed by atoms with E-state index in [2.05, 4.69) is 31.2 Å². The zero-order chi connectivity index (χ0) is 28.6. The lowest BCUT2D eigenvalue weighted by Gasteiger charge is -2.29. The summed E-state index contributed by atoms with van der Waals surface area (Å²) in [6.45, 7) is 2.27. The SMILES string of the molecule is CCCCCC1CCC(c2ccc(-c3ccc(C(=O)OC(c4ccc(F)cc4)c4ccc(F)cc4)cc3)cc2)CC1. The predicted octanol–water partition coefficient (Wildman–Crippen LogP) is 10.4. The summed E-state index contributed by atoms with van der Waals surface area (Å²) in [7, 11) is 0. The van der Waals surface area contributed by atoms with E-state index in [1.165, 1.54) is 81.2 Å². The second-order valence-corrected chi connectivity index (χ2v) is 11.3. The van der Waals surface area contributed by atoms with Crippen LogP contribution in [0.15, 0.2) is 97.1 Å². The molecule has 0 aromatic heterocycles. The van der Waals surface area contributed by atoms with Crippen LogP contribution < -0.4 is 0 Å². The Kier molecular flexibility index (Phi) is 9.61. The van der Waals surface area contributed by atoms with Crippen molar-refractivity contribution in [3.05, 3.63) is 131 Å². The van der Waals surface area contributed by atoms with Crippen molar-refractivity contribution < 1.29 is 18.3 Å². The van der Waals surface area contributed by atoms with Gasteiger partial charge in [0.05, 0.1) is 5.56 Å². The van der Waals surface area contributed by atoms with Gasteiger partial charge in [0.1, 0.15) is 11.6 Å². The average molecular weight is 553 g/mol. The van der Waals surface area contributed by atoms with Crippen LogP contribution in [0.2, 0.25) is 0 Å². The van der Waals surface area contributed by atoms with Crippen LogP contribution >= 0.6 is 0 Å². The van der Waals surface area contributed by atoms with Gasteiger partial charge in [-0.15, -0.1) is 0 Å². The maximum Gasteiger partial charge on any atom is 0.339 e. The first-order valence-electron chi connectivity index (χ1n) is 14.9. The van der Waals surface area contributed by atoms with Gasteiger partial charge in [-0.25, -0.2) is 13.6 Å². The Balaban J connectivity index is 1.23. The minimum Gasteiger partial charge on any atom is -0.449 e. The molecular weight excluding hydrogens is 514 g/mol. The third-order valence-corrected chi connectivity index (χ3v) is 8.47. The highest BCUT2D eigenvalue weighted by molar-refractivity contribution is 5.90. The van der Waals surface area contributed by atoms with Gasteiger partial charge in [0, 0.05) is 0 Å². The van der Waals surface area contributed by atoms with Crippen LogP contribution in [0, 0.1) is 17.6 Å². The molecule has 1 aliphatic rings. The second-order valence-electron chi connectivity index (χ2n) is 11.3. The molecule has 5 rings (SSSR count). The van der Waals surface area contributed by atoms with Crippen molar-refractivity contribution in [3.8, 4) is 11.1 Å². The molecule has 0 saturated heterocycles. The molecule has 4 aromatic rings. The molecule has 4 aromatic carbocycles. The van der Waals surface area contributed by atoms with Crippen LogP contribution in [0.5, 0.6) is 0 Å². The Morgan fingerprint density at radius 1 is 0.707 bits per heavy atom.